The quantitative estimate of drug-likeness (QED) is 0.422. The highest BCUT2D eigenvalue weighted by atomic mass is 32.2. The molecule has 9 nitrogen and oxygen atoms in total. The standard InChI is InChI=1S/C26H33N3O6S/c1-26(2,3)35-25(32)28-17-15-23(30)29-22(19-20-11-6-4-7-12-20)24(31)27-16-10-18-36(33,34)21-13-8-5-9-14-21/h4-14,18,22H,15-17,19H2,1-3H3,(H,27,31)(H,28,32)(H,29,30)/b18-10+/t22-/m0/s1. The number of nitrogens with one attached hydrogen (secondary N) is 3. The number of alkyl carbamates (subject to hydrolysis) is 1. The molecule has 194 valence electrons. The van der Waals surface area contributed by atoms with Crippen LogP contribution in [-0.2, 0) is 30.6 Å². The molecule has 0 spiro atoms. The van der Waals surface area contributed by atoms with E-state index in [-0.39, 0.29) is 30.8 Å². The molecule has 10 heteroatoms. The van der Waals surface area contributed by atoms with Crippen LogP contribution < -0.4 is 16.0 Å². The van der Waals surface area contributed by atoms with Gasteiger partial charge in [-0.05, 0) is 38.5 Å². The van der Waals surface area contributed by atoms with Gasteiger partial charge >= 0.3 is 6.09 Å². The first-order valence-electron chi connectivity index (χ1n) is 11.5. The van der Waals surface area contributed by atoms with Gasteiger partial charge in [-0.25, -0.2) is 13.2 Å². The third-order valence-electron chi connectivity index (χ3n) is 4.70. The van der Waals surface area contributed by atoms with Crippen molar-refractivity contribution in [3.63, 3.8) is 0 Å². The van der Waals surface area contributed by atoms with Crippen LogP contribution in [0.4, 0.5) is 4.79 Å². The first kappa shape index (κ1) is 28.6. The Balaban J connectivity index is 1.94. The van der Waals surface area contributed by atoms with Gasteiger partial charge in [-0.2, -0.15) is 0 Å². The largest absolute Gasteiger partial charge is 0.444 e. The average molecular weight is 516 g/mol. The topological polar surface area (TPSA) is 131 Å². The lowest BCUT2D eigenvalue weighted by atomic mass is 10.0. The number of hydrogen-bond donors (Lipinski definition) is 3. The maximum absolute atomic E-state index is 12.8. The maximum atomic E-state index is 12.8. The Morgan fingerprint density at radius 3 is 2.17 bits per heavy atom. The Hall–Kier alpha value is -3.66. The Labute approximate surface area is 212 Å². The smallest absolute Gasteiger partial charge is 0.407 e. The zero-order valence-corrected chi connectivity index (χ0v) is 21.5. The molecule has 0 radical (unpaired) electrons. The number of benzene rings is 2. The van der Waals surface area contributed by atoms with Gasteiger partial charge in [0.25, 0.3) is 0 Å². The molecule has 1 atom stereocenters. The van der Waals surface area contributed by atoms with Crippen LogP contribution in [0, 0.1) is 0 Å². The van der Waals surface area contributed by atoms with E-state index < -0.39 is 39.4 Å². The van der Waals surface area contributed by atoms with E-state index in [1.165, 1.54) is 18.2 Å². The molecule has 3 amide bonds. The molecule has 0 aliphatic carbocycles. The van der Waals surface area contributed by atoms with Crippen molar-refractivity contribution in [3.05, 3.63) is 77.7 Å². The Morgan fingerprint density at radius 1 is 0.944 bits per heavy atom. The molecule has 0 aliphatic heterocycles. The van der Waals surface area contributed by atoms with Crippen molar-refractivity contribution in [3.8, 4) is 0 Å². The van der Waals surface area contributed by atoms with Gasteiger partial charge in [0.05, 0.1) is 4.90 Å². The van der Waals surface area contributed by atoms with Crippen molar-refractivity contribution >= 4 is 27.7 Å². The van der Waals surface area contributed by atoms with Crippen LogP contribution in [0.3, 0.4) is 0 Å². The summed E-state index contributed by atoms with van der Waals surface area (Å²) in [5.74, 6) is -0.890. The Bertz CT molecular complexity index is 1140. The lowest BCUT2D eigenvalue weighted by Crippen LogP contribution is -2.48. The number of sulfone groups is 1. The predicted octanol–water partition coefficient (Wildman–Crippen LogP) is 2.73. The summed E-state index contributed by atoms with van der Waals surface area (Å²) in [5.41, 5.74) is 0.187. The first-order valence-corrected chi connectivity index (χ1v) is 13.1. The molecule has 2 rings (SSSR count). The molecular weight excluding hydrogens is 482 g/mol. The van der Waals surface area contributed by atoms with E-state index in [9.17, 15) is 22.8 Å². The second kappa shape index (κ2) is 13.4. The highest BCUT2D eigenvalue weighted by Crippen LogP contribution is 2.11. The first-order chi connectivity index (χ1) is 17.0. The van der Waals surface area contributed by atoms with Crippen LogP contribution in [0.15, 0.2) is 77.0 Å². The number of carbonyl (C=O) groups excluding carboxylic acids is 3. The summed E-state index contributed by atoms with van der Waals surface area (Å²) in [6, 6.07) is 16.2. The second-order valence-corrected chi connectivity index (χ2v) is 10.8. The maximum Gasteiger partial charge on any atom is 0.407 e. The van der Waals surface area contributed by atoms with Crippen molar-refractivity contribution < 1.29 is 27.5 Å². The molecule has 0 aromatic heterocycles. The molecule has 0 saturated carbocycles. The van der Waals surface area contributed by atoms with Gasteiger partial charge in [0.15, 0.2) is 9.84 Å². The SMILES string of the molecule is CC(C)(C)OC(=O)NCCC(=O)N[C@@H](Cc1ccccc1)C(=O)NC/C=C/S(=O)(=O)c1ccccc1. The van der Waals surface area contributed by atoms with Crippen molar-refractivity contribution in [2.75, 3.05) is 13.1 Å². The van der Waals surface area contributed by atoms with Gasteiger partial charge in [-0.1, -0.05) is 54.6 Å². The van der Waals surface area contributed by atoms with Gasteiger partial charge in [-0.15, -0.1) is 0 Å². The van der Waals surface area contributed by atoms with Crippen molar-refractivity contribution in [1.82, 2.24) is 16.0 Å². The van der Waals surface area contributed by atoms with E-state index in [1.807, 2.05) is 30.3 Å². The number of carbonyl (C=O) groups is 3. The van der Waals surface area contributed by atoms with Crippen LogP contribution >= 0.6 is 0 Å². The van der Waals surface area contributed by atoms with Crippen molar-refractivity contribution in [1.29, 1.82) is 0 Å². The minimum Gasteiger partial charge on any atom is -0.444 e. The fourth-order valence-electron chi connectivity index (χ4n) is 3.06. The zero-order chi connectivity index (χ0) is 26.6. The molecule has 36 heavy (non-hydrogen) atoms. The van der Waals surface area contributed by atoms with Crippen LogP contribution in [0.1, 0.15) is 32.8 Å². The van der Waals surface area contributed by atoms with Crippen LogP contribution in [0.2, 0.25) is 0 Å². The molecule has 2 aromatic rings. The van der Waals surface area contributed by atoms with Crippen LogP contribution in [-0.4, -0.2) is 51.1 Å². The highest BCUT2D eigenvalue weighted by Gasteiger charge is 2.21. The minimum absolute atomic E-state index is 0.0355. The van der Waals surface area contributed by atoms with Crippen molar-refractivity contribution in [2.24, 2.45) is 0 Å². The van der Waals surface area contributed by atoms with Gasteiger partial charge < -0.3 is 20.7 Å². The predicted molar refractivity (Wildman–Crippen MR) is 137 cm³/mol. The summed E-state index contributed by atoms with van der Waals surface area (Å²) < 4.78 is 29.8. The molecule has 0 saturated heterocycles. The third-order valence-corrected chi connectivity index (χ3v) is 6.18. The van der Waals surface area contributed by atoms with E-state index in [4.69, 9.17) is 4.74 Å². The summed E-state index contributed by atoms with van der Waals surface area (Å²) in [6.45, 7) is 5.21. The van der Waals surface area contributed by atoms with E-state index in [0.29, 0.717) is 0 Å². The monoisotopic (exact) mass is 515 g/mol. The molecule has 0 fully saturated rings. The van der Waals surface area contributed by atoms with E-state index >= 15 is 0 Å². The number of amides is 3. The number of ether oxygens (including phenoxy) is 1. The minimum atomic E-state index is -3.62. The number of hydrogen-bond acceptors (Lipinski definition) is 6. The highest BCUT2D eigenvalue weighted by molar-refractivity contribution is 7.94. The summed E-state index contributed by atoms with van der Waals surface area (Å²) in [6.07, 6.45) is 0.898. The second-order valence-electron chi connectivity index (χ2n) is 8.96. The molecule has 0 aliphatic rings. The summed E-state index contributed by atoms with van der Waals surface area (Å²) >= 11 is 0. The van der Waals surface area contributed by atoms with E-state index in [2.05, 4.69) is 16.0 Å². The fraction of sp³-hybridized carbons (Fsp3) is 0.346. The van der Waals surface area contributed by atoms with Gasteiger partial charge in [0.1, 0.15) is 11.6 Å². The molecule has 0 bridgehead atoms. The van der Waals surface area contributed by atoms with Crippen LogP contribution in [0.25, 0.3) is 0 Å². The normalized spacial score (nSPS) is 12.5. The molecule has 3 N–H and O–H groups in total. The lowest BCUT2D eigenvalue weighted by molar-refractivity contribution is -0.128. The summed E-state index contributed by atoms with van der Waals surface area (Å²) in [5, 5.41) is 8.86. The molecule has 0 heterocycles. The number of rotatable bonds is 11. The zero-order valence-electron chi connectivity index (χ0n) is 20.7. The summed E-state index contributed by atoms with van der Waals surface area (Å²) in [7, 11) is -3.62. The third kappa shape index (κ3) is 10.7. The molecule has 0 unspecified atom stereocenters. The molecular formula is C26H33N3O6S. The molecule has 2 aromatic carbocycles. The lowest BCUT2D eigenvalue weighted by Gasteiger charge is -2.20. The van der Waals surface area contributed by atoms with E-state index in [1.54, 1.807) is 39.0 Å². The summed E-state index contributed by atoms with van der Waals surface area (Å²) in [4.78, 5) is 37.2. The van der Waals surface area contributed by atoms with Gasteiger partial charge in [0, 0.05) is 31.3 Å². The van der Waals surface area contributed by atoms with Gasteiger partial charge in [0.2, 0.25) is 11.8 Å². The van der Waals surface area contributed by atoms with Crippen LogP contribution in [0.5, 0.6) is 0 Å². The average Bonchev–Trinajstić information content (AvgIpc) is 2.81. The Morgan fingerprint density at radius 2 is 1.56 bits per heavy atom. The Kier molecular flexibility index (Phi) is 10.7. The van der Waals surface area contributed by atoms with Crippen molar-refractivity contribution in [2.45, 2.75) is 50.2 Å². The fourth-order valence-corrected chi connectivity index (χ4v) is 4.11. The van der Waals surface area contributed by atoms with Gasteiger partial charge in [-0.3, -0.25) is 9.59 Å². The van der Waals surface area contributed by atoms with E-state index in [0.717, 1.165) is 11.0 Å².